The second kappa shape index (κ2) is 12.1. The maximum absolute atomic E-state index is 13.6. The third kappa shape index (κ3) is 6.05. The number of carbonyl (C=O) groups is 3. The van der Waals surface area contributed by atoms with Gasteiger partial charge in [0.1, 0.15) is 18.0 Å². The van der Waals surface area contributed by atoms with Crippen molar-refractivity contribution in [3.05, 3.63) is 65.7 Å². The zero-order valence-corrected chi connectivity index (χ0v) is 21.9. The molecule has 2 aromatic rings. The van der Waals surface area contributed by atoms with Crippen molar-refractivity contribution >= 4 is 17.8 Å². The van der Waals surface area contributed by atoms with Gasteiger partial charge in [-0.2, -0.15) is 0 Å². The Bertz CT molecular complexity index is 1080. The van der Waals surface area contributed by atoms with Gasteiger partial charge in [0.2, 0.25) is 11.8 Å². The third-order valence-electron chi connectivity index (χ3n) is 7.09. The SMILES string of the molecule is CCCC[C@H]1C(=O)N(CCc2ccc(OC)cc2)C[C@H]2N1C(=O)CN(C)N2C(=O)NCc1ccccc1. The molecule has 198 valence electrons. The summed E-state index contributed by atoms with van der Waals surface area (Å²) >= 11 is 0. The van der Waals surface area contributed by atoms with Crippen LogP contribution in [-0.4, -0.2) is 83.7 Å². The first-order valence-electron chi connectivity index (χ1n) is 13.0. The molecule has 4 amide bonds. The predicted molar refractivity (Wildman–Crippen MR) is 140 cm³/mol. The number of nitrogens with zero attached hydrogens (tertiary/aromatic N) is 4. The first-order valence-corrected chi connectivity index (χ1v) is 13.0. The van der Waals surface area contributed by atoms with Crippen molar-refractivity contribution in [3.8, 4) is 5.75 Å². The minimum absolute atomic E-state index is 0.0410. The first kappa shape index (κ1) is 26.5. The van der Waals surface area contributed by atoms with E-state index in [0.29, 0.717) is 25.9 Å². The van der Waals surface area contributed by atoms with Crippen molar-refractivity contribution in [1.82, 2.24) is 25.1 Å². The van der Waals surface area contributed by atoms with E-state index in [9.17, 15) is 14.4 Å². The number of nitrogens with one attached hydrogen (secondary N) is 1. The van der Waals surface area contributed by atoms with Crippen LogP contribution in [0.1, 0.15) is 37.3 Å². The minimum Gasteiger partial charge on any atom is -0.497 e. The number of fused-ring (bicyclic) bond motifs is 1. The van der Waals surface area contributed by atoms with E-state index in [-0.39, 0.29) is 30.9 Å². The van der Waals surface area contributed by atoms with Crippen LogP contribution in [0.4, 0.5) is 4.79 Å². The van der Waals surface area contributed by atoms with Gasteiger partial charge >= 0.3 is 6.03 Å². The number of unbranched alkanes of at least 4 members (excludes halogenated alkanes) is 1. The molecule has 2 heterocycles. The van der Waals surface area contributed by atoms with Gasteiger partial charge in [0.25, 0.3) is 0 Å². The zero-order chi connectivity index (χ0) is 26.4. The van der Waals surface area contributed by atoms with Crippen molar-refractivity contribution in [2.75, 3.05) is 33.8 Å². The fraction of sp³-hybridized carbons (Fsp3) is 0.464. The highest BCUT2D eigenvalue weighted by molar-refractivity contribution is 5.91. The molecule has 2 saturated heterocycles. The van der Waals surface area contributed by atoms with Gasteiger partial charge in [-0.3, -0.25) is 9.59 Å². The molecular formula is C28H37N5O4. The summed E-state index contributed by atoms with van der Waals surface area (Å²) in [6.07, 6.45) is 2.45. The number of rotatable bonds is 9. The predicted octanol–water partition coefficient (Wildman–Crippen LogP) is 2.87. The van der Waals surface area contributed by atoms with Crippen LogP contribution in [0.2, 0.25) is 0 Å². The van der Waals surface area contributed by atoms with Gasteiger partial charge in [0, 0.05) is 20.1 Å². The van der Waals surface area contributed by atoms with E-state index in [2.05, 4.69) is 12.2 Å². The van der Waals surface area contributed by atoms with Crippen molar-refractivity contribution in [2.45, 2.75) is 51.4 Å². The normalized spacial score (nSPS) is 20.1. The van der Waals surface area contributed by atoms with Gasteiger partial charge in [-0.15, -0.1) is 0 Å². The van der Waals surface area contributed by atoms with Crippen molar-refractivity contribution < 1.29 is 19.1 Å². The largest absolute Gasteiger partial charge is 0.497 e. The van der Waals surface area contributed by atoms with E-state index in [1.807, 2.05) is 59.5 Å². The lowest BCUT2D eigenvalue weighted by Crippen LogP contribution is -2.76. The van der Waals surface area contributed by atoms with Gasteiger partial charge in [0.05, 0.1) is 20.2 Å². The number of hydrogen-bond donors (Lipinski definition) is 1. The lowest BCUT2D eigenvalue weighted by atomic mass is 10.0. The number of hydrogen-bond acceptors (Lipinski definition) is 5. The van der Waals surface area contributed by atoms with Crippen LogP contribution in [0.15, 0.2) is 54.6 Å². The molecule has 0 spiro atoms. The third-order valence-corrected chi connectivity index (χ3v) is 7.09. The van der Waals surface area contributed by atoms with Crippen molar-refractivity contribution in [2.24, 2.45) is 0 Å². The molecular weight excluding hydrogens is 470 g/mol. The Kier molecular flexibility index (Phi) is 8.66. The summed E-state index contributed by atoms with van der Waals surface area (Å²) < 4.78 is 5.24. The lowest BCUT2D eigenvalue weighted by Gasteiger charge is -2.54. The second-order valence-electron chi connectivity index (χ2n) is 9.63. The van der Waals surface area contributed by atoms with E-state index >= 15 is 0 Å². The van der Waals surface area contributed by atoms with Crippen LogP contribution < -0.4 is 10.1 Å². The maximum atomic E-state index is 13.6. The fourth-order valence-electron chi connectivity index (χ4n) is 5.09. The maximum Gasteiger partial charge on any atom is 0.334 e. The van der Waals surface area contributed by atoms with Crippen LogP contribution in [-0.2, 0) is 22.6 Å². The summed E-state index contributed by atoms with van der Waals surface area (Å²) in [7, 11) is 3.38. The molecule has 9 heteroatoms. The van der Waals surface area contributed by atoms with Crippen molar-refractivity contribution in [1.29, 1.82) is 0 Å². The molecule has 1 N–H and O–H groups in total. The summed E-state index contributed by atoms with van der Waals surface area (Å²) in [4.78, 5) is 43.7. The van der Waals surface area contributed by atoms with Crippen molar-refractivity contribution in [3.63, 3.8) is 0 Å². The summed E-state index contributed by atoms with van der Waals surface area (Å²) in [5, 5.41) is 6.26. The van der Waals surface area contributed by atoms with E-state index in [0.717, 1.165) is 29.7 Å². The molecule has 2 atom stereocenters. The van der Waals surface area contributed by atoms with Gasteiger partial charge < -0.3 is 19.9 Å². The fourth-order valence-corrected chi connectivity index (χ4v) is 5.09. The first-order chi connectivity index (χ1) is 17.9. The highest BCUT2D eigenvalue weighted by Gasteiger charge is 2.50. The Morgan fingerprint density at radius 2 is 1.78 bits per heavy atom. The minimum atomic E-state index is -0.569. The molecule has 2 aromatic carbocycles. The molecule has 37 heavy (non-hydrogen) atoms. The van der Waals surface area contributed by atoms with Gasteiger partial charge in [-0.05, 0) is 36.1 Å². The highest BCUT2D eigenvalue weighted by Crippen LogP contribution is 2.28. The average molecular weight is 508 g/mol. The number of ether oxygens (including phenoxy) is 1. The highest BCUT2D eigenvalue weighted by atomic mass is 16.5. The molecule has 9 nitrogen and oxygen atoms in total. The number of methoxy groups -OCH3 is 1. The summed E-state index contributed by atoms with van der Waals surface area (Å²) in [6.45, 7) is 3.28. The molecule has 2 aliphatic heterocycles. The van der Waals surface area contributed by atoms with E-state index in [4.69, 9.17) is 4.74 Å². The van der Waals surface area contributed by atoms with E-state index in [1.54, 1.807) is 29.1 Å². The number of likely N-dealkylation sites (N-methyl/N-ethyl adjacent to an activating group) is 1. The van der Waals surface area contributed by atoms with Gasteiger partial charge in [0.15, 0.2) is 0 Å². The average Bonchev–Trinajstić information content (AvgIpc) is 2.91. The quantitative estimate of drug-likeness (QED) is 0.564. The number of hydrazine groups is 1. The molecule has 2 aliphatic rings. The van der Waals surface area contributed by atoms with Crippen LogP contribution >= 0.6 is 0 Å². The molecule has 0 aromatic heterocycles. The number of piperazine rings is 1. The Labute approximate surface area is 218 Å². The molecule has 0 aliphatic carbocycles. The van der Waals surface area contributed by atoms with Crippen LogP contribution in [0.3, 0.4) is 0 Å². The smallest absolute Gasteiger partial charge is 0.334 e. The molecule has 0 bridgehead atoms. The molecule has 0 radical (unpaired) electrons. The van der Waals surface area contributed by atoms with Crippen LogP contribution in [0.25, 0.3) is 0 Å². The summed E-state index contributed by atoms with van der Waals surface area (Å²) in [5.74, 6) is 0.624. The molecule has 0 saturated carbocycles. The number of urea groups is 1. The Hall–Kier alpha value is -3.59. The second-order valence-corrected chi connectivity index (χ2v) is 9.63. The summed E-state index contributed by atoms with van der Waals surface area (Å²) in [5.41, 5.74) is 2.08. The topological polar surface area (TPSA) is 85.4 Å². The van der Waals surface area contributed by atoms with E-state index < -0.39 is 12.2 Å². The van der Waals surface area contributed by atoms with Gasteiger partial charge in [-0.1, -0.05) is 62.2 Å². The molecule has 2 fully saturated rings. The zero-order valence-electron chi connectivity index (χ0n) is 21.9. The molecule has 4 rings (SSSR count). The molecule has 0 unspecified atom stereocenters. The Morgan fingerprint density at radius 1 is 1.05 bits per heavy atom. The van der Waals surface area contributed by atoms with Crippen LogP contribution in [0.5, 0.6) is 5.75 Å². The number of amides is 4. The van der Waals surface area contributed by atoms with Crippen LogP contribution in [0, 0.1) is 0 Å². The lowest BCUT2D eigenvalue weighted by molar-refractivity contribution is -0.187. The Morgan fingerprint density at radius 3 is 2.46 bits per heavy atom. The standard InChI is InChI=1S/C28H37N5O4/c1-4-5-11-24-27(35)31(17-16-21-12-14-23(37-3)15-13-21)19-25-32(24)26(34)20-30(2)33(25)28(36)29-18-22-9-7-6-8-10-22/h6-10,12-15,24-25H,4-5,11,16-20H2,1-3H3,(H,29,36)/t24-,25-/m0/s1. The Balaban J connectivity index is 1.54. The summed E-state index contributed by atoms with van der Waals surface area (Å²) in [6, 6.07) is 16.7. The van der Waals surface area contributed by atoms with Gasteiger partial charge in [-0.25, -0.2) is 14.8 Å². The number of benzene rings is 2. The van der Waals surface area contributed by atoms with E-state index in [1.165, 1.54) is 0 Å². The monoisotopic (exact) mass is 507 g/mol. The number of carbonyl (C=O) groups excluding carboxylic acids is 3.